The summed E-state index contributed by atoms with van der Waals surface area (Å²) in [6.45, 7) is 2.15. The maximum Gasteiger partial charge on any atom is 0.161 e. The SMILES string of the molecule is CCc1nc2cc(-c3ccccc3-c3nc(-c4ccccc4)cc(-c4ccc(-c5ccccc5)cc4)n3)ccc2s1. The van der Waals surface area contributed by atoms with Gasteiger partial charge in [-0.1, -0.05) is 122 Å². The van der Waals surface area contributed by atoms with Crippen molar-refractivity contribution in [3.05, 3.63) is 138 Å². The van der Waals surface area contributed by atoms with Gasteiger partial charge >= 0.3 is 0 Å². The Morgan fingerprint density at radius 2 is 1.02 bits per heavy atom. The number of hydrogen-bond acceptors (Lipinski definition) is 4. The second kappa shape index (κ2) is 10.9. The molecule has 0 atom stereocenters. The van der Waals surface area contributed by atoms with Crippen molar-refractivity contribution in [2.24, 2.45) is 0 Å². The fraction of sp³-hybridized carbons (Fsp3) is 0.0541. The molecule has 41 heavy (non-hydrogen) atoms. The topological polar surface area (TPSA) is 38.7 Å². The Morgan fingerprint density at radius 1 is 0.488 bits per heavy atom. The highest BCUT2D eigenvalue weighted by molar-refractivity contribution is 7.18. The highest BCUT2D eigenvalue weighted by Gasteiger charge is 2.15. The molecule has 2 aromatic heterocycles. The molecule has 0 aliphatic heterocycles. The number of thiazole rings is 1. The largest absolute Gasteiger partial charge is 0.241 e. The Bertz CT molecular complexity index is 1960. The Balaban J connectivity index is 1.36. The van der Waals surface area contributed by atoms with Gasteiger partial charge in [0.15, 0.2) is 5.82 Å². The number of fused-ring (bicyclic) bond motifs is 1. The summed E-state index contributed by atoms with van der Waals surface area (Å²) in [5.74, 6) is 0.705. The number of rotatable bonds is 6. The van der Waals surface area contributed by atoms with E-state index in [-0.39, 0.29) is 0 Å². The van der Waals surface area contributed by atoms with Crippen LogP contribution in [-0.4, -0.2) is 15.0 Å². The van der Waals surface area contributed by atoms with Crippen molar-refractivity contribution >= 4 is 21.6 Å². The van der Waals surface area contributed by atoms with Crippen LogP contribution in [-0.2, 0) is 6.42 Å². The zero-order chi connectivity index (χ0) is 27.6. The highest BCUT2D eigenvalue weighted by Crippen LogP contribution is 2.36. The van der Waals surface area contributed by atoms with Gasteiger partial charge in [0.1, 0.15) is 0 Å². The Kier molecular flexibility index (Phi) is 6.67. The van der Waals surface area contributed by atoms with Crippen molar-refractivity contribution in [2.75, 3.05) is 0 Å². The highest BCUT2D eigenvalue weighted by atomic mass is 32.1. The third kappa shape index (κ3) is 5.06. The summed E-state index contributed by atoms with van der Waals surface area (Å²) in [7, 11) is 0. The molecule has 196 valence electrons. The number of aryl methyl sites for hydroxylation is 1. The van der Waals surface area contributed by atoms with E-state index < -0.39 is 0 Å². The molecule has 0 fully saturated rings. The molecule has 3 nitrogen and oxygen atoms in total. The second-order valence-corrected chi connectivity index (χ2v) is 11.1. The molecule has 0 bridgehead atoms. The van der Waals surface area contributed by atoms with Gasteiger partial charge in [0.05, 0.1) is 26.6 Å². The van der Waals surface area contributed by atoms with Crippen LogP contribution in [0.4, 0.5) is 0 Å². The van der Waals surface area contributed by atoms with E-state index in [4.69, 9.17) is 15.0 Å². The second-order valence-electron chi connectivity index (χ2n) is 9.96. The minimum Gasteiger partial charge on any atom is -0.241 e. The van der Waals surface area contributed by atoms with Crippen LogP contribution in [0.2, 0.25) is 0 Å². The molecule has 0 aliphatic rings. The fourth-order valence-electron chi connectivity index (χ4n) is 5.16. The van der Waals surface area contributed by atoms with Crippen molar-refractivity contribution in [1.29, 1.82) is 0 Å². The fourth-order valence-corrected chi connectivity index (χ4v) is 6.05. The van der Waals surface area contributed by atoms with Crippen molar-refractivity contribution < 1.29 is 0 Å². The smallest absolute Gasteiger partial charge is 0.161 e. The van der Waals surface area contributed by atoms with Gasteiger partial charge in [0.25, 0.3) is 0 Å². The first-order valence-electron chi connectivity index (χ1n) is 13.8. The molecule has 0 spiro atoms. The van der Waals surface area contributed by atoms with Crippen LogP contribution >= 0.6 is 11.3 Å². The van der Waals surface area contributed by atoms with E-state index in [0.717, 1.165) is 56.2 Å². The summed E-state index contributed by atoms with van der Waals surface area (Å²) in [5, 5.41) is 1.16. The molecule has 0 amide bonds. The minimum atomic E-state index is 0.705. The predicted octanol–water partition coefficient (Wildman–Crippen LogP) is 9.98. The Labute approximate surface area is 243 Å². The van der Waals surface area contributed by atoms with Gasteiger partial charge in [-0.15, -0.1) is 11.3 Å². The average molecular weight is 546 g/mol. The minimum absolute atomic E-state index is 0.705. The van der Waals surface area contributed by atoms with Crippen molar-refractivity contribution in [1.82, 2.24) is 15.0 Å². The molecule has 0 unspecified atom stereocenters. The lowest BCUT2D eigenvalue weighted by Crippen LogP contribution is -1.97. The molecular formula is C37H27N3S. The molecule has 0 saturated heterocycles. The summed E-state index contributed by atoms with van der Waals surface area (Å²) in [4.78, 5) is 15.1. The number of benzene rings is 5. The normalized spacial score (nSPS) is 11.1. The van der Waals surface area contributed by atoms with Gasteiger partial charge in [0.2, 0.25) is 0 Å². The van der Waals surface area contributed by atoms with E-state index in [1.165, 1.54) is 15.8 Å². The van der Waals surface area contributed by atoms with E-state index in [9.17, 15) is 0 Å². The third-order valence-corrected chi connectivity index (χ3v) is 8.48. The predicted molar refractivity (Wildman–Crippen MR) is 172 cm³/mol. The molecule has 4 heteroatoms. The van der Waals surface area contributed by atoms with Gasteiger partial charge in [-0.05, 0) is 46.9 Å². The first kappa shape index (κ1) is 25.1. The summed E-state index contributed by atoms with van der Waals surface area (Å²) in [6.07, 6.45) is 0.945. The molecular weight excluding hydrogens is 518 g/mol. The lowest BCUT2D eigenvalue weighted by Gasteiger charge is -2.13. The van der Waals surface area contributed by atoms with Crippen molar-refractivity contribution in [2.45, 2.75) is 13.3 Å². The van der Waals surface area contributed by atoms with Gasteiger partial charge in [-0.25, -0.2) is 15.0 Å². The van der Waals surface area contributed by atoms with Crippen LogP contribution in [0.15, 0.2) is 133 Å². The van der Waals surface area contributed by atoms with Gasteiger partial charge in [-0.3, -0.25) is 0 Å². The van der Waals surface area contributed by atoms with Crippen molar-refractivity contribution in [3.8, 4) is 56.2 Å². The zero-order valence-corrected chi connectivity index (χ0v) is 23.5. The van der Waals surface area contributed by atoms with Crippen LogP contribution in [0.3, 0.4) is 0 Å². The van der Waals surface area contributed by atoms with E-state index in [1.54, 1.807) is 11.3 Å². The standard InChI is InChI=1S/C37H27N3S/c1-2-36-38-34-23-29(21-22-35(34)41-36)30-15-9-10-16-31(30)37-39-32(27-13-7-4-8-14-27)24-33(40-37)28-19-17-26(18-20-28)25-11-5-3-6-12-25/h3-24H,2H2,1H3. The van der Waals surface area contributed by atoms with Gasteiger partial charge in [-0.2, -0.15) is 0 Å². The Morgan fingerprint density at radius 3 is 1.71 bits per heavy atom. The number of nitrogens with zero attached hydrogens (tertiary/aromatic N) is 3. The summed E-state index contributed by atoms with van der Waals surface area (Å²) < 4.78 is 1.21. The van der Waals surface area contributed by atoms with E-state index in [1.807, 2.05) is 24.3 Å². The lowest BCUT2D eigenvalue weighted by atomic mass is 9.98. The molecule has 5 aromatic carbocycles. The molecule has 7 rings (SSSR count). The maximum absolute atomic E-state index is 5.14. The summed E-state index contributed by atoms with van der Waals surface area (Å²) in [5.41, 5.74) is 10.5. The number of hydrogen-bond donors (Lipinski definition) is 0. The van der Waals surface area contributed by atoms with Crippen LogP contribution in [0.1, 0.15) is 11.9 Å². The van der Waals surface area contributed by atoms with Gasteiger partial charge < -0.3 is 0 Å². The molecule has 0 N–H and O–H groups in total. The summed E-state index contributed by atoms with van der Waals surface area (Å²) in [6, 6.07) is 46.4. The third-order valence-electron chi connectivity index (χ3n) is 7.30. The monoisotopic (exact) mass is 545 g/mol. The van der Waals surface area contributed by atoms with E-state index in [0.29, 0.717) is 5.82 Å². The lowest BCUT2D eigenvalue weighted by molar-refractivity contribution is 1.11. The van der Waals surface area contributed by atoms with Crippen LogP contribution in [0.5, 0.6) is 0 Å². The zero-order valence-electron chi connectivity index (χ0n) is 22.7. The van der Waals surface area contributed by atoms with Crippen LogP contribution in [0.25, 0.3) is 66.4 Å². The summed E-state index contributed by atoms with van der Waals surface area (Å²) >= 11 is 1.76. The maximum atomic E-state index is 5.14. The van der Waals surface area contributed by atoms with Gasteiger partial charge in [0, 0.05) is 16.7 Å². The molecule has 7 aromatic rings. The van der Waals surface area contributed by atoms with Crippen LogP contribution < -0.4 is 0 Å². The molecule has 2 heterocycles. The quantitative estimate of drug-likeness (QED) is 0.209. The average Bonchev–Trinajstić information content (AvgIpc) is 3.48. The first-order valence-corrected chi connectivity index (χ1v) is 14.7. The van der Waals surface area contributed by atoms with Crippen LogP contribution in [0, 0.1) is 0 Å². The van der Waals surface area contributed by atoms with Crippen molar-refractivity contribution in [3.63, 3.8) is 0 Å². The first-order chi connectivity index (χ1) is 20.2. The number of aromatic nitrogens is 3. The van der Waals surface area contributed by atoms with E-state index in [2.05, 4.69) is 116 Å². The molecule has 0 saturated carbocycles. The van der Waals surface area contributed by atoms with E-state index >= 15 is 0 Å². The molecule has 0 radical (unpaired) electrons. The Hall–Kier alpha value is -4.93. The molecule has 0 aliphatic carbocycles.